The molecule has 1 N–H and O–H groups in total. The molecule has 1 atom stereocenters. The molecule has 4 aromatic rings. The molecule has 0 aliphatic heterocycles. The summed E-state index contributed by atoms with van der Waals surface area (Å²) in [5.41, 5.74) is 3.56. The van der Waals surface area contributed by atoms with Crippen LogP contribution < -0.4 is 10.1 Å². The summed E-state index contributed by atoms with van der Waals surface area (Å²) in [5.74, 6) is 1.41. The highest BCUT2D eigenvalue weighted by Gasteiger charge is 2.17. The first-order valence-electron chi connectivity index (χ1n) is 10.8. The lowest BCUT2D eigenvalue weighted by Gasteiger charge is -2.14. The molecule has 34 heavy (non-hydrogen) atoms. The third-order valence-corrected chi connectivity index (χ3v) is 7.07. The molecule has 0 bridgehead atoms. The van der Waals surface area contributed by atoms with E-state index in [1.165, 1.54) is 13.2 Å². The Kier molecular flexibility index (Phi) is 6.61. The van der Waals surface area contributed by atoms with Crippen molar-refractivity contribution in [2.24, 2.45) is 0 Å². The highest BCUT2D eigenvalue weighted by molar-refractivity contribution is 7.91. The summed E-state index contributed by atoms with van der Waals surface area (Å²) in [6.45, 7) is 3.15. The number of nitrogens with zero attached hydrogens (tertiary/aromatic N) is 2. The smallest absolute Gasteiger partial charge is 0.222 e. The largest absolute Gasteiger partial charge is 0.456 e. The van der Waals surface area contributed by atoms with Crippen LogP contribution in [-0.2, 0) is 21.1 Å². The van der Waals surface area contributed by atoms with Crippen LogP contribution in [0.1, 0.15) is 19.4 Å². The van der Waals surface area contributed by atoms with E-state index in [9.17, 15) is 13.2 Å². The Morgan fingerprint density at radius 1 is 1.03 bits per heavy atom. The van der Waals surface area contributed by atoms with Gasteiger partial charge in [-0.15, -0.1) is 0 Å². The van der Waals surface area contributed by atoms with E-state index in [0.717, 1.165) is 27.6 Å². The quantitative estimate of drug-likeness (QED) is 0.403. The SMILES string of the molecule is CC(=O)Nc1ccc(Oc2cccc(-c3cc(CC(C)S(C)(=O)=O)cc4cccnc34)c2)cn1. The minimum Gasteiger partial charge on any atom is -0.456 e. The minimum absolute atomic E-state index is 0.192. The molecule has 4 rings (SSSR count). The maximum Gasteiger partial charge on any atom is 0.222 e. The first-order chi connectivity index (χ1) is 16.2. The molecule has 2 aromatic heterocycles. The maximum atomic E-state index is 12.0. The van der Waals surface area contributed by atoms with Crippen molar-refractivity contribution in [2.45, 2.75) is 25.5 Å². The average molecular weight is 476 g/mol. The number of amides is 1. The second-order valence-corrected chi connectivity index (χ2v) is 10.7. The summed E-state index contributed by atoms with van der Waals surface area (Å²) < 4.78 is 30.0. The van der Waals surface area contributed by atoms with Crippen molar-refractivity contribution in [1.82, 2.24) is 9.97 Å². The van der Waals surface area contributed by atoms with Gasteiger partial charge in [0.15, 0.2) is 0 Å². The van der Waals surface area contributed by atoms with E-state index < -0.39 is 15.1 Å². The van der Waals surface area contributed by atoms with Crippen LogP contribution in [0.2, 0.25) is 0 Å². The highest BCUT2D eigenvalue weighted by atomic mass is 32.2. The van der Waals surface area contributed by atoms with Crippen molar-refractivity contribution in [3.8, 4) is 22.6 Å². The Balaban J connectivity index is 1.67. The van der Waals surface area contributed by atoms with Gasteiger partial charge in [-0.3, -0.25) is 9.78 Å². The molecular weight excluding hydrogens is 450 g/mol. The second kappa shape index (κ2) is 9.61. The van der Waals surface area contributed by atoms with Gasteiger partial charge < -0.3 is 10.1 Å². The van der Waals surface area contributed by atoms with Crippen molar-refractivity contribution in [3.05, 3.63) is 78.6 Å². The molecule has 174 valence electrons. The van der Waals surface area contributed by atoms with Gasteiger partial charge in [-0.1, -0.05) is 18.2 Å². The molecule has 7 nitrogen and oxygen atoms in total. The van der Waals surface area contributed by atoms with Crippen LogP contribution in [0.4, 0.5) is 5.82 Å². The van der Waals surface area contributed by atoms with Gasteiger partial charge in [0.1, 0.15) is 27.2 Å². The van der Waals surface area contributed by atoms with Gasteiger partial charge in [0, 0.05) is 30.3 Å². The number of nitrogens with one attached hydrogen (secondary N) is 1. The zero-order chi connectivity index (χ0) is 24.3. The third-order valence-electron chi connectivity index (χ3n) is 5.44. The van der Waals surface area contributed by atoms with Crippen LogP contribution in [0.15, 0.2) is 73.1 Å². The van der Waals surface area contributed by atoms with Gasteiger partial charge in [0.05, 0.1) is 17.0 Å². The van der Waals surface area contributed by atoms with E-state index >= 15 is 0 Å². The summed E-state index contributed by atoms with van der Waals surface area (Å²) >= 11 is 0. The highest BCUT2D eigenvalue weighted by Crippen LogP contribution is 2.33. The summed E-state index contributed by atoms with van der Waals surface area (Å²) in [5, 5.41) is 3.08. The topological polar surface area (TPSA) is 98.2 Å². The average Bonchev–Trinajstić information content (AvgIpc) is 2.79. The van der Waals surface area contributed by atoms with Gasteiger partial charge in [-0.05, 0) is 66.9 Å². The molecule has 0 fully saturated rings. The number of fused-ring (bicyclic) bond motifs is 1. The lowest BCUT2D eigenvalue weighted by molar-refractivity contribution is -0.114. The zero-order valence-electron chi connectivity index (χ0n) is 19.1. The fraction of sp³-hybridized carbons (Fsp3) is 0.192. The Morgan fingerprint density at radius 3 is 2.56 bits per heavy atom. The Labute approximate surface area is 198 Å². The molecule has 0 aliphatic rings. The lowest BCUT2D eigenvalue weighted by Crippen LogP contribution is -2.18. The number of rotatable bonds is 7. The first-order valence-corrected chi connectivity index (χ1v) is 12.7. The van der Waals surface area contributed by atoms with Gasteiger partial charge in [-0.25, -0.2) is 13.4 Å². The van der Waals surface area contributed by atoms with Crippen molar-refractivity contribution < 1.29 is 17.9 Å². The minimum atomic E-state index is -3.15. The van der Waals surface area contributed by atoms with E-state index in [2.05, 4.69) is 15.3 Å². The van der Waals surface area contributed by atoms with Crippen molar-refractivity contribution in [1.29, 1.82) is 0 Å². The van der Waals surface area contributed by atoms with Crippen LogP contribution in [0.3, 0.4) is 0 Å². The standard InChI is InChI=1S/C26H25N3O4S/c1-17(34(3,31)32)12-19-13-21-7-5-11-27-26(21)24(14-19)20-6-4-8-22(15-20)33-23-9-10-25(28-16-23)29-18(2)30/h4-11,13-17H,12H2,1-3H3,(H,28,29,30). The van der Waals surface area contributed by atoms with E-state index in [0.29, 0.717) is 23.7 Å². The summed E-state index contributed by atoms with van der Waals surface area (Å²) in [6.07, 6.45) is 4.97. The number of carbonyl (C=O) groups is 1. The maximum absolute atomic E-state index is 12.0. The van der Waals surface area contributed by atoms with Crippen molar-refractivity contribution in [3.63, 3.8) is 0 Å². The van der Waals surface area contributed by atoms with Gasteiger partial charge in [0.2, 0.25) is 5.91 Å². The second-order valence-electron chi connectivity index (χ2n) is 8.25. The van der Waals surface area contributed by atoms with Crippen LogP contribution >= 0.6 is 0 Å². The predicted molar refractivity (Wildman–Crippen MR) is 134 cm³/mol. The molecule has 0 radical (unpaired) electrons. The van der Waals surface area contributed by atoms with E-state index in [-0.39, 0.29) is 5.91 Å². The number of hydrogen-bond donors (Lipinski definition) is 1. The molecule has 1 amide bonds. The number of pyridine rings is 2. The van der Waals surface area contributed by atoms with E-state index in [1.54, 1.807) is 31.5 Å². The summed E-state index contributed by atoms with van der Waals surface area (Å²) in [6, 6.07) is 18.9. The van der Waals surface area contributed by atoms with E-state index in [4.69, 9.17) is 4.74 Å². The fourth-order valence-corrected chi connectivity index (χ4v) is 4.13. The molecule has 0 saturated heterocycles. The van der Waals surface area contributed by atoms with Crippen LogP contribution in [-0.4, -0.2) is 35.8 Å². The monoisotopic (exact) mass is 475 g/mol. The molecule has 2 aromatic carbocycles. The van der Waals surface area contributed by atoms with Gasteiger partial charge >= 0.3 is 0 Å². The number of benzene rings is 2. The van der Waals surface area contributed by atoms with Crippen LogP contribution in [0.5, 0.6) is 11.5 Å². The Bertz CT molecular complexity index is 1450. The Morgan fingerprint density at radius 2 is 1.85 bits per heavy atom. The molecule has 0 saturated carbocycles. The first kappa shape index (κ1) is 23.4. The molecule has 8 heteroatoms. The van der Waals surface area contributed by atoms with Crippen LogP contribution in [0.25, 0.3) is 22.0 Å². The van der Waals surface area contributed by atoms with E-state index in [1.807, 2.05) is 48.5 Å². The number of carbonyl (C=O) groups excluding carboxylic acids is 1. The number of sulfone groups is 1. The third kappa shape index (κ3) is 5.58. The van der Waals surface area contributed by atoms with Gasteiger partial charge in [0.25, 0.3) is 0 Å². The fourth-order valence-electron chi connectivity index (χ4n) is 3.63. The predicted octanol–water partition coefficient (Wildman–Crippen LogP) is 5.02. The lowest BCUT2D eigenvalue weighted by atomic mass is 9.97. The molecule has 1 unspecified atom stereocenters. The molecule has 2 heterocycles. The zero-order valence-corrected chi connectivity index (χ0v) is 20.0. The Hall–Kier alpha value is -3.78. The molecular formula is C26H25N3O4S. The van der Waals surface area contributed by atoms with Crippen LogP contribution in [0, 0.1) is 0 Å². The number of anilines is 1. The normalized spacial score (nSPS) is 12.3. The van der Waals surface area contributed by atoms with Crippen molar-refractivity contribution in [2.75, 3.05) is 11.6 Å². The number of ether oxygens (including phenoxy) is 1. The number of aromatic nitrogens is 2. The van der Waals surface area contributed by atoms with Crippen molar-refractivity contribution >= 4 is 32.5 Å². The molecule has 0 aliphatic carbocycles. The summed E-state index contributed by atoms with van der Waals surface area (Å²) in [4.78, 5) is 19.9. The van der Waals surface area contributed by atoms with Gasteiger partial charge in [-0.2, -0.15) is 0 Å². The number of hydrogen-bond acceptors (Lipinski definition) is 6. The molecule has 0 spiro atoms. The summed E-state index contributed by atoms with van der Waals surface area (Å²) in [7, 11) is -3.15.